The first kappa shape index (κ1) is 20.8. The van der Waals surface area contributed by atoms with E-state index in [0.29, 0.717) is 45.1 Å². The van der Waals surface area contributed by atoms with E-state index < -0.39 is 0 Å². The van der Waals surface area contributed by atoms with Crippen molar-refractivity contribution in [3.8, 4) is 5.75 Å². The van der Waals surface area contributed by atoms with E-state index in [1.807, 2.05) is 50.8 Å². The number of hydrogen-bond acceptors (Lipinski definition) is 4. The smallest absolute Gasteiger partial charge is 0.250 e. The molecule has 2 bridgehead atoms. The van der Waals surface area contributed by atoms with Crippen LogP contribution in [0.2, 0.25) is 0 Å². The van der Waals surface area contributed by atoms with Gasteiger partial charge in [0.05, 0.1) is 13.0 Å². The number of ether oxygens (including phenoxy) is 1. The molecule has 3 aliphatic rings. The molecule has 5 rings (SSSR count). The molecule has 168 valence electrons. The van der Waals surface area contributed by atoms with Crippen LogP contribution in [0.25, 0.3) is 0 Å². The Labute approximate surface area is 187 Å². The zero-order chi connectivity index (χ0) is 22.2. The minimum Gasteiger partial charge on any atom is -0.496 e. The summed E-state index contributed by atoms with van der Waals surface area (Å²) in [5.74, 6) is 1.16. The fourth-order valence-corrected chi connectivity index (χ4v) is 5.65. The van der Waals surface area contributed by atoms with Crippen LogP contribution in [-0.4, -0.2) is 59.5 Å². The summed E-state index contributed by atoms with van der Waals surface area (Å²) in [6.45, 7) is 3.04. The van der Waals surface area contributed by atoms with Crippen molar-refractivity contribution in [3.05, 3.63) is 64.1 Å². The van der Waals surface area contributed by atoms with Gasteiger partial charge >= 0.3 is 0 Å². The van der Waals surface area contributed by atoms with Crippen molar-refractivity contribution in [2.24, 2.45) is 11.8 Å². The van der Waals surface area contributed by atoms with Gasteiger partial charge in [-0.05, 0) is 36.5 Å². The Bertz CT molecular complexity index is 1090. The van der Waals surface area contributed by atoms with Gasteiger partial charge in [0.25, 0.3) is 5.56 Å². The summed E-state index contributed by atoms with van der Waals surface area (Å²) >= 11 is 0. The van der Waals surface area contributed by atoms with Crippen LogP contribution < -0.4 is 10.3 Å². The van der Waals surface area contributed by atoms with E-state index in [-0.39, 0.29) is 35.6 Å². The van der Waals surface area contributed by atoms with Crippen LogP contribution in [0.4, 0.5) is 0 Å². The van der Waals surface area contributed by atoms with Crippen LogP contribution in [0.15, 0.2) is 47.3 Å². The quantitative estimate of drug-likeness (QED) is 0.719. The lowest BCUT2D eigenvalue weighted by Gasteiger charge is -2.43. The monoisotopic (exact) mass is 435 g/mol. The fraction of sp³-hybridized carbons (Fsp3) is 0.480. The first-order chi connectivity index (χ1) is 15.5. The number of nitrogens with zero attached hydrogens (tertiary/aromatic N) is 3. The number of para-hydroxylation sites is 1. The number of pyridine rings is 1. The number of aromatic nitrogens is 1. The molecule has 32 heavy (non-hydrogen) atoms. The lowest BCUT2D eigenvalue weighted by atomic mass is 9.82. The molecule has 7 heteroatoms. The van der Waals surface area contributed by atoms with Crippen LogP contribution in [0.3, 0.4) is 0 Å². The Morgan fingerprint density at radius 2 is 1.88 bits per heavy atom. The summed E-state index contributed by atoms with van der Waals surface area (Å²) in [6, 6.07) is 13.3. The highest BCUT2D eigenvalue weighted by Gasteiger charge is 2.41. The molecular weight excluding hydrogens is 406 g/mol. The van der Waals surface area contributed by atoms with Gasteiger partial charge in [0, 0.05) is 56.8 Å². The van der Waals surface area contributed by atoms with Gasteiger partial charge in [-0.3, -0.25) is 14.4 Å². The van der Waals surface area contributed by atoms with Gasteiger partial charge in [0.1, 0.15) is 5.75 Å². The maximum absolute atomic E-state index is 13.3. The molecular formula is C25H29N3O4. The van der Waals surface area contributed by atoms with Gasteiger partial charge in [-0.25, -0.2) is 0 Å². The van der Waals surface area contributed by atoms with Crippen LogP contribution in [0.1, 0.15) is 30.0 Å². The molecule has 0 spiro atoms. The zero-order valence-corrected chi connectivity index (χ0v) is 18.4. The number of carbonyl (C=O) groups is 2. The van der Waals surface area contributed by atoms with E-state index >= 15 is 0 Å². The fourth-order valence-electron chi connectivity index (χ4n) is 5.65. The molecule has 7 nitrogen and oxygen atoms in total. The van der Waals surface area contributed by atoms with Gasteiger partial charge in [-0.1, -0.05) is 24.3 Å². The Hall–Kier alpha value is -3.09. The Balaban J connectivity index is 1.23. The lowest BCUT2D eigenvalue weighted by Crippen LogP contribution is -2.50. The van der Waals surface area contributed by atoms with Crippen LogP contribution in [0, 0.1) is 11.8 Å². The van der Waals surface area contributed by atoms with E-state index in [9.17, 15) is 14.4 Å². The van der Waals surface area contributed by atoms with Gasteiger partial charge in [-0.15, -0.1) is 0 Å². The maximum atomic E-state index is 13.3. The largest absolute Gasteiger partial charge is 0.496 e. The normalized spacial score (nSPS) is 24.4. The molecule has 0 aliphatic carbocycles. The molecule has 2 fully saturated rings. The number of carbonyl (C=O) groups excluding carboxylic acids is 2. The lowest BCUT2D eigenvalue weighted by molar-refractivity contribution is -0.138. The zero-order valence-electron chi connectivity index (χ0n) is 18.4. The average Bonchev–Trinajstić information content (AvgIpc) is 3.18. The SMILES string of the molecule is COc1ccccc1CCN1C[C@@H](C(=O)N2C[C@@H]3C[C@H](C2)c2cccc(=O)n2C3)CC1=O. The maximum Gasteiger partial charge on any atom is 0.250 e. The number of methoxy groups -OCH3 is 1. The highest BCUT2D eigenvalue weighted by atomic mass is 16.5. The van der Waals surface area contributed by atoms with Crippen LogP contribution in [0.5, 0.6) is 5.75 Å². The minimum atomic E-state index is -0.281. The second-order valence-electron chi connectivity index (χ2n) is 9.24. The molecule has 3 atom stereocenters. The van der Waals surface area contributed by atoms with Crippen molar-refractivity contribution >= 4 is 11.8 Å². The molecule has 0 N–H and O–H groups in total. The summed E-state index contributed by atoms with van der Waals surface area (Å²) in [7, 11) is 1.65. The minimum absolute atomic E-state index is 0.0454. The standard InChI is InChI=1S/C25H29N3O4/c1-32-22-7-3-2-5-18(22)9-10-26-16-20(12-24(26)30)25(31)27-13-17-11-19(15-27)21-6-4-8-23(29)28(21)14-17/h2-8,17,19-20H,9-16H2,1H3/t17-,19+,20-/m0/s1. The van der Waals surface area contributed by atoms with Crippen molar-refractivity contribution in [1.29, 1.82) is 0 Å². The molecule has 0 saturated carbocycles. The number of benzene rings is 1. The third kappa shape index (κ3) is 3.80. The Kier molecular flexibility index (Phi) is 5.49. The number of hydrogen-bond donors (Lipinski definition) is 0. The molecule has 2 amide bonds. The second kappa shape index (κ2) is 8.45. The first-order valence-corrected chi connectivity index (χ1v) is 11.4. The van der Waals surface area contributed by atoms with Gasteiger partial charge < -0.3 is 19.1 Å². The topological polar surface area (TPSA) is 71.8 Å². The van der Waals surface area contributed by atoms with Crippen molar-refractivity contribution in [3.63, 3.8) is 0 Å². The number of amides is 2. The summed E-state index contributed by atoms with van der Waals surface area (Å²) in [5, 5.41) is 0. The third-order valence-electron chi connectivity index (χ3n) is 7.20. The molecule has 1 aromatic heterocycles. The summed E-state index contributed by atoms with van der Waals surface area (Å²) in [5.41, 5.74) is 2.14. The van der Waals surface area contributed by atoms with Gasteiger partial charge in [0.2, 0.25) is 11.8 Å². The van der Waals surface area contributed by atoms with Crippen molar-refractivity contribution in [1.82, 2.24) is 14.4 Å². The van der Waals surface area contributed by atoms with E-state index in [4.69, 9.17) is 4.74 Å². The van der Waals surface area contributed by atoms with Gasteiger partial charge in [0.15, 0.2) is 0 Å². The number of rotatable bonds is 5. The van der Waals surface area contributed by atoms with Crippen molar-refractivity contribution < 1.29 is 14.3 Å². The Morgan fingerprint density at radius 1 is 1.03 bits per heavy atom. The van der Waals surface area contributed by atoms with Crippen molar-refractivity contribution in [2.75, 3.05) is 33.3 Å². The molecule has 2 aromatic rings. The molecule has 2 saturated heterocycles. The Morgan fingerprint density at radius 3 is 2.72 bits per heavy atom. The predicted molar refractivity (Wildman–Crippen MR) is 120 cm³/mol. The van der Waals surface area contributed by atoms with Crippen molar-refractivity contribution in [2.45, 2.75) is 31.7 Å². The van der Waals surface area contributed by atoms with Crippen LogP contribution >= 0.6 is 0 Å². The summed E-state index contributed by atoms with van der Waals surface area (Å²) in [4.78, 5) is 42.0. The molecule has 1 aromatic carbocycles. The third-order valence-corrected chi connectivity index (χ3v) is 7.20. The molecule has 3 aliphatic heterocycles. The van der Waals surface area contributed by atoms with E-state index in [0.717, 1.165) is 23.4 Å². The summed E-state index contributed by atoms with van der Waals surface area (Å²) < 4.78 is 7.28. The molecule has 0 unspecified atom stereocenters. The number of likely N-dealkylation sites (tertiary alicyclic amines) is 2. The number of piperidine rings is 1. The second-order valence-corrected chi connectivity index (χ2v) is 9.24. The molecule has 0 radical (unpaired) electrons. The van der Waals surface area contributed by atoms with E-state index in [2.05, 4.69) is 0 Å². The first-order valence-electron chi connectivity index (χ1n) is 11.4. The van der Waals surface area contributed by atoms with E-state index in [1.54, 1.807) is 13.2 Å². The number of fused-ring (bicyclic) bond motifs is 4. The van der Waals surface area contributed by atoms with E-state index in [1.165, 1.54) is 0 Å². The highest BCUT2D eigenvalue weighted by Crippen LogP contribution is 2.36. The van der Waals surface area contributed by atoms with Crippen LogP contribution in [-0.2, 0) is 22.6 Å². The highest BCUT2D eigenvalue weighted by molar-refractivity contribution is 5.89. The predicted octanol–water partition coefficient (Wildman–Crippen LogP) is 1.89. The molecule has 4 heterocycles. The summed E-state index contributed by atoms with van der Waals surface area (Å²) in [6.07, 6.45) is 2.00. The van der Waals surface area contributed by atoms with Gasteiger partial charge in [-0.2, -0.15) is 0 Å². The average molecular weight is 436 g/mol.